The third-order valence-electron chi connectivity index (χ3n) is 30.3. The zero-order chi connectivity index (χ0) is 101. The molecule has 25 rings (SSSR count). The van der Waals surface area contributed by atoms with Crippen LogP contribution in [0.15, 0.2) is 552 Å². The van der Waals surface area contributed by atoms with Gasteiger partial charge in [-0.25, -0.2) is 0 Å². The highest BCUT2D eigenvalue weighted by molar-refractivity contribution is 6.23. The van der Waals surface area contributed by atoms with Gasteiger partial charge in [0.15, 0.2) is 0 Å². The number of rotatable bonds is 25. The second-order valence-electron chi connectivity index (χ2n) is 39.3. The van der Waals surface area contributed by atoms with Crippen molar-refractivity contribution in [1.82, 2.24) is 0 Å². The Bertz CT molecular complexity index is 8910. The molecule has 6 nitrogen and oxygen atoms in total. The van der Waals surface area contributed by atoms with E-state index in [2.05, 4.69) is 623 Å². The van der Waals surface area contributed by atoms with E-state index in [1.807, 2.05) is 0 Å². The SMILES string of the molecule is CCC(C)c1ccc(N(c2ccc(N(c3ccccc3)c3c4ccccc4c(-c4ccccc4)c4ccccc34)cc2)c2cccc3ccccc23)cc1.CCC(C)c1ccc(N(c2ccc(N(c3ccccc3)c3c4ccccc4cc4ccccc34)cc2)c2cccc3ccccc23)cc1.CCC(C)c1ccc(N(c2ccc(N(c3ccccc3)c3cccc4cc5ccccc5cc34)cc2)c2cccc3ccccc23)cc1. The van der Waals surface area contributed by atoms with Crippen LogP contribution in [0.1, 0.15) is 95.2 Å². The zero-order valence-electron chi connectivity index (χ0n) is 85.6. The molecule has 25 aromatic carbocycles. The van der Waals surface area contributed by atoms with Gasteiger partial charge in [0.25, 0.3) is 0 Å². The molecule has 0 heterocycles. The van der Waals surface area contributed by atoms with Crippen LogP contribution < -0.4 is 29.4 Å². The Kier molecular flexibility index (Phi) is 27.4. The summed E-state index contributed by atoms with van der Waals surface area (Å²) in [5.74, 6) is 1.57. The minimum absolute atomic E-state index is 0.516. The van der Waals surface area contributed by atoms with Crippen LogP contribution in [0, 0.1) is 0 Å². The Labute approximate surface area is 880 Å². The summed E-state index contributed by atoms with van der Waals surface area (Å²) >= 11 is 0. The van der Waals surface area contributed by atoms with Gasteiger partial charge in [-0.2, -0.15) is 0 Å². The summed E-state index contributed by atoms with van der Waals surface area (Å²) in [5, 5.41) is 22.1. The second kappa shape index (κ2) is 43.1. The molecule has 0 radical (unpaired) electrons. The predicted molar refractivity (Wildman–Crippen MR) is 647 cm³/mol. The molecule has 3 unspecified atom stereocenters. The van der Waals surface area contributed by atoms with Crippen molar-refractivity contribution in [3.05, 3.63) is 569 Å². The summed E-state index contributed by atoms with van der Waals surface area (Å²) in [6, 6.07) is 201. The third-order valence-corrected chi connectivity index (χ3v) is 30.3. The number of nitrogens with zero attached hydrogens (tertiary/aromatic N) is 6. The maximum Gasteiger partial charge on any atom is 0.0618 e. The molecule has 0 fully saturated rings. The molecule has 0 spiro atoms. The first-order valence-electron chi connectivity index (χ1n) is 52.9. The van der Waals surface area contributed by atoms with Crippen molar-refractivity contribution in [1.29, 1.82) is 0 Å². The molecule has 150 heavy (non-hydrogen) atoms. The van der Waals surface area contributed by atoms with E-state index in [4.69, 9.17) is 0 Å². The van der Waals surface area contributed by atoms with Gasteiger partial charge in [-0.1, -0.05) is 406 Å². The number of anilines is 18. The molecule has 0 aliphatic heterocycles. The summed E-state index contributed by atoms with van der Waals surface area (Å²) in [6.45, 7) is 13.7. The summed E-state index contributed by atoms with van der Waals surface area (Å²) < 4.78 is 0. The largest absolute Gasteiger partial charge is 0.310 e. The minimum Gasteiger partial charge on any atom is -0.310 e. The van der Waals surface area contributed by atoms with Gasteiger partial charge in [0, 0.05) is 111 Å². The smallest absolute Gasteiger partial charge is 0.0618 e. The Morgan fingerprint density at radius 3 is 0.667 bits per heavy atom. The molecule has 25 aromatic rings. The fourth-order valence-electron chi connectivity index (χ4n) is 21.9. The number of para-hydroxylation sites is 3. The first kappa shape index (κ1) is 95.2. The van der Waals surface area contributed by atoms with Crippen molar-refractivity contribution < 1.29 is 0 Å². The Morgan fingerprint density at radius 2 is 0.347 bits per heavy atom. The minimum atomic E-state index is 0.516. The van der Waals surface area contributed by atoms with E-state index >= 15 is 0 Å². The standard InChI is InChI=1S/C52H42N2.2C46H38N2/c1-3-37(2)38-29-31-42(32-30-38)53(50-28-16-20-39-17-10-11-23-45(39)50)43-33-35-44(36-34-43)54(41-21-8-5-9-22-41)52-48-26-14-12-24-46(48)51(40-18-6-4-7-19-40)47-25-13-15-27-49(47)52;1-3-33(2)34-24-26-39(27-25-34)47(45-23-13-17-35-14-7-10-20-42(35)45)40-28-30-41(31-29-40)48(38-18-5-4-6-19-38)46-43-21-11-8-15-36(43)32-37-16-9-12-22-44(37)46;1-3-33(2)34-23-25-40(26-24-34)48(45-21-11-16-35-13-9-10-20-43(35)45)42-29-27-41(28-30-42)47(39-18-5-4-6-19-39)46-22-12-17-38-31-36-14-7-8-15-37(36)32-44(38)46/h4-37H,3H2,1-2H3;2*4-33H,3H2,1-2H3. The van der Waals surface area contributed by atoms with Crippen LogP contribution in [0.5, 0.6) is 0 Å². The molecule has 0 N–H and O–H groups in total. The molecule has 0 saturated carbocycles. The van der Waals surface area contributed by atoms with Gasteiger partial charge in [-0.15, -0.1) is 0 Å². The van der Waals surface area contributed by atoms with E-state index in [9.17, 15) is 0 Å². The second-order valence-corrected chi connectivity index (χ2v) is 39.3. The quantitative estimate of drug-likeness (QED) is 0.0528. The van der Waals surface area contributed by atoms with Gasteiger partial charge in [0.2, 0.25) is 0 Å². The van der Waals surface area contributed by atoms with E-state index < -0.39 is 0 Å². The van der Waals surface area contributed by atoms with Crippen LogP contribution in [0.25, 0.3) is 108 Å². The van der Waals surface area contributed by atoms with Crippen LogP contribution in [-0.2, 0) is 0 Å². The molecule has 0 bridgehead atoms. The molecule has 0 aliphatic carbocycles. The predicted octanol–water partition coefficient (Wildman–Crippen LogP) is 42.5. The fourth-order valence-corrected chi connectivity index (χ4v) is 21.9. The van der Waals surface area contributed by atoms with E-state index in [-0.39, 0.29) is 0 Å². The van der Waals surface area contributed by atoms with Crippen LogP contribution in [0.2, 0.25) is 0 Å². The van der Waals surface area contributed by atoms with Gasteiger partial charge < -0.3 is 29.4 Å². The van der Waals surface area contributed by atoms with Crippen LogP contribution >= 0.6 is 0 Å². The van der Waals surface area contributed by atoms with Crippen molar-refractivity contribution in [2.75, 3.05) is 29.4 Å². The summed E-state index contributed by atoms with van der Waals surface area (Å²) in [4.78, 5) is 14.4. The molecule has 0 aliphatic rings. The lowest BCUT2D eigenvalue weighted by atomic mass is 9.90. The molecule has 724 valence electrons. The molecular formula is C144H118N6. The lowest BCUT2D eigenvalue weighted by Crippen LogP contribution is -2.13. The van der Waals surface area contributed by atoms with E-state index in [0.717, 1.165) is 110 Å². The van der Waals surface area contributed by atoms with Crippen molar-refractivity contribution in [3.8, 4) is 11.1 Å². The topological polar surface area (TPSA) is 19.4 Å². The zero-order valence-corrected chi connectivity index (χ0v) is 85.6. The van der Waals surface area contributed by atoms with Crippen molar-refractivity contribution in [3.63, 3.8) is 0 Å². The lowest BCUT2D eigenvalue weighted by Gasteiger charge is -2.31. The molecule has 6 heteroatoms. The van der Waals surface area contributed by atoms with Crippen molar-refractivity contribution >= 4 is 199 Å². The molecule has 0 aromatic heterocycles. The van der Waals surface area contributed by atoms with E-state index in [1.165, 1.54) is 136 Å². The lowest BCUT2D eigenvalue weighted by molar-refractivity contribution is 0.733. The first-order valence-corrected chi connectivity index (χ1v) is 52.9. The normalized spacial score (nSPS) is 11.9. The number of fused-ring (bicyclic) bond motifs is 9. The maximum atomic E-state index is 2.44. The number of hydrogen-bond donors (Lipinski definition) is 0. The van der Waals surface area contributed by atoms with Crippen LogP contribution in [0.3, 0.4) is 0 Å². The monoisotopic (exact) mass is 1930 g/mol. The third kappa shape index (κ3) is 19.0. The molecular weight excluding hydrogens is 1810 g/mol. The summed E-state index contributed by atoms with van der Waals surface area (Å²) in [7, 11) is 0. The molecule has 0 amide bonds. The number of hydrogen-bond acceptors (Lipinski definition) is 6. The highest BCUT2D eigenvalue weighted by Gasteiger charge is 2.28. The molecule has 3 atom stereocenters. The Balaban J connectivity index is 0.000000124. The fraction of sp³-hybridized carbons (Fsp3) is 0.0833. The van der Waals surface area contributed by atoms with E-state index in [0.29, 0.717) is 17.8 Å². The van der Waals surface area contributed by atoms with Crippen molar-refractivity contribution in [2.24, 2.45) is 0 Å². The van der Waals surface area contributed by atoms with Gasteiger partial charge >= 0.3 is 0 Å². The maximum absolute atomic E-state index is 2.44. The average molecular weight is 1930 g/mol. The Hall–Kier alpha value is -18.4. The van der Waals surface area contributed by atoms with Crippen molar-refractivity contribution in [2.45, 2.75) is 78.6 Å². The number of benzene rings is 25. The van der Waals surface area contributed by atoms with Gasteiger partial charge in [-0.3, -0.25) is 0 Å². The van der Waals surface area contributed by atoms with Crippen LogP contribution in [-0.4, -0.2) is 0 Å². The van der Waals surface area contributed by atoms with Gasteiger partial charge in [-0.05, 0) is 307 Å². The van der Waals surface area contributed by atoms with Gasteiger partial charge in [0.05, 0.1) is 34.1 Å². The Morgan fingerprint density at radius 1 is 0.147 bits per heavy atom. The van der Waals surface area contributed by atoms with Gasteiger partial charge in [0.1, 0.15) is 0 Å². The summed E-state index contributed by atoms with van der Waals surface area (Å²) in [6.07, 6.45) is 3.36. The van der Waals surface area contributed by atoms with E-state index in [1.54, 1.807) is 0 Å². The first-order chi connectivity index (χ1) is 74.1. The highest BCUT2D eigenvalue weighted by Crippen LogP contribution is 2.53. The molecule has 0 saturated heterocycles. The van der Waals surface area contributed by atoms with Crippen LogP contribution in [0.4, 0.5) is 102 Å². The summed E-state index contributed by atoms with van der Waals surface area (Å²) in [5.41, 5.74) is 27.0. The average Bonchev–Trinajstić information content (AvgIpc) is 0.724. The highest BCUT2D eigenvalue weighted by atomic mass is 15.2.